The summed E-state index contributed by atoms with van der Waals surface area (Å²) in [5, 5.41) is 3.11. The van der Waals surface area contributed by atoms with Gasteiger partial charge in [0.1, 0.15) is 5.75 Å². The minimum atomic E-state index is -0.292. The normalized spacial score (nSPS) is 26.1. The molecule has 1 aliphatic rings. The van der Waals surface area contributed by atoms with Gasteiger partial charge in [0.05, 0.1) is 24.4 Å². The van der Waals surface area contributed by atoms with Gasteiger partial charge in [0, 0.05) is 12.1 Å². The number of rotatable bonds is 4. The summed E-state index contributed by atoms with van der Waals surface area (Å²) in [6.07, 6.45) is 7.19. The van der Waals surface area contributed by atoms with Crippen LogP contribution in [0.5, 0.6) is 5.75 Å². The van der Waals surface area contributed by atoms with Crippen molar-refractivity contribution in [3.05, 3.63) is 24.0 Å². The molecule has 1 saturated carbocycles. The number of amides is 1. The van der Waals surface area contributed by atoms with Gasteiger partial charge in [0.15, 0.2) is 0 Å². The first-order valence-electron chi connectivity index (χ1n) is 6.97. The Morgan fingerprint density at radius 3 is 2.85 bits per heavy atom. The maximum Gasteiger partial charge on any atom is 0.255 e. The Kier molecular flexibility index (Phi) is 4.86. The molecular weight excluding hydrogens is 276 g/mol. The molecule has 0 radical (unpaired) electrons. The SMILES string of the molecule is COc1cnccc1C(=O)NC1(CCl)CCC(C)CC1. The third kappa shape index (κ3) is 3.23. The number of nitrogens with one attached hydrogen (secondary N) is 1. The maximum absolute atomic E-state index is 12.5. The fraction of sp³-hybridized carbons (Fsp3) is 0.600. The van der Waals surface area contributed by atoms with Gasteiger partial charge in [-0.1, -0.05) is 6.92 Å². The van der Waals surface area contributed by atoms with Crippen LogP contribution in [0.1, 0.15) is 43.0 Å². The van der Waals surface area contributed by atoms with E-state index in [1.54, 1.807) is 18.5 Å². The Morgan fingerprint density at radius 2 is 2.25 bits per heavy atom. The largest absolute Gasteiger partial charge is 0.494 e. The van der Waals surface area contributed by atoms with Gasteiger partial charge in [-0.15, -0.1) is 11.6 Å². The molecule has 0 bridgehead atoms. The van der Waals surface area contributed by atoms with E-state index in [0.29, 0.717) is 23.1 Å². The average Bonchev–Trinajstić information content (AvgIpc) is 2.49. The van der Waals surface area contributed by atoms with Crippen LogP contribution < -0.4 is 10.1 Å². The smallest absolute Gasteiger partial charge is 0.255 e. The molecule has 4 nitrogen and oxygen atoms in total. The van der Waals surface area contributed by atoms with Crippen LogP contribution in [0.25, 0.3) is 0 Å². The van der Waals surface area contributed by atoms with Gasteiger partial charge in [0.25, 0.3) is 5.91 Å². The molecule has 2 rings (SSSR count). The van der Waals surface area contributed by atoms with Crippen molar-refractivity contribution in [2.75, 3.05) is 13.0 Å². The van der Waals surface area contributed by atoms with Crippen molar-refractivity contribution in [1.82, 2.24) is 10.3 Å². The molecule has 5 heteroatoms. The Bertz CT molecular complexity index is 471. The highest BCUT2D eigenvalue weighted by Crippen LogP contribution is 2.33. The number of carbonyl (C=O) groups is 1. The summed E-state index contributed by atoms with van der Waals surface area (Å²) < 4.78 is 5.18. The molecule has 1 aromatic heterocycles. The lowest BCUT2D eigenvalue weighted by Gasteiger charge is -2.38. The molecule has 0 aromatic carbocycles. The number of carbonyl (C=O) groups excluding carboxylic acids is 1. The predicted molar refractivity (Wildman–Crippen MR) is 79.3 cm³/mol. The number of alkyl halides is 1. The number of aromatic nitrogens is 1. The lowest BCUT2D eigenvalue weighted by atomic mass is 9.78. The van der Waals surface area contributed by atoms with Crippen LogP contribution >= 0.6 is 11.6 Å². The van der Waals surface area contributed by atoms with E-state index in [9.17, 15) is 4.79 Å². The zero-order valence-corrected chi connectivity index (χ0v) is 12.7. The Balaban J connectivity index is 2.13. The minimum absolute atomic E-state index is 0.139. The van der Waals surface area contributed by atoms with Crippen LogP contribution in [-0.4, -0.2) is 29.4 Å². The fourth-order valence-corrected chi connectivity index (χ4v) is 2.98. The van der Waals surface area contributed by atoms with E-state index in [4.69, 9.17) is 16.3 Å². The number of hydrogen-bond acceptors (Lipinski definition) is 3. The Labute approximate surface area is 124 Å². The maximum atomic E-state index is 12.5. The summed E-state index contributed by atoms with van der Waals surface area (Å²) in [7, 11) is 1.54. The van der Waals surface area contributed by atoms with E-state index >= 15 is 0 Å². The van der Waals surface area contributed by atoms with Crippen molar-refractivity contribution < 1.29 is 9.53 Å². The van der Waals surface area contributed by atoms with Crippen LogP contribution in [0.4, 0.5) is 0 Å². The van der Waals surface area contributed by atoms with E-state index in [1.807, 2.05) is 0 Å². The number of pyridine rings is 1. The van der Waals surface area contributed by atoms with Gasteiger partial charge in [0.2, 0.25) is 0 Å². The van der Waals surface area contributed by atoms with Gasteiger partial charge in [-0.3, -0.25) is 9.78 Å². The van der Waals surface area contributed by atoms with Gasteiger partial charge >= 0.3 is 0 Å². The lowest BCUT2D eigenvalue weighted by Crippen LogP contribution is -2.52. The fourth-order valence-electron chi connectivity index (χ4n) is 2.65. The molecule has 20 heavy (non-hydrogen) atoms. The van der Waals surface area contributed by atoms with Crippen molar-refractivity contribution in [2.24, 2.45) is 5.92 Å². The summed E-state index contributed by atoms with van der Waals surface area (Å²) in [6, 6.07) is 1.67. The molecule has 0 saturated heterocycles. The van der Waals surface area contributed by atoms with Gasteiger partial charge in [-0.25, -0.2) is 0 Å². The third-order valence-corrected chi connectivity index (χ3v) is 4.63. The third-order valence-electron chi connectivity index (χ3n) is 4.11. The average molecular weight is 297 g/mol. The molecule has 1 amide bonds. The first-order chi connectivity index (χ1) is 9.60. The van der Waals surface area contributed by atoms with Crippen molar-refractivity contribution in [3.8, 4) is 5.75 Å². The number of hydrogen-bond donors (Lipinski definition) is 1. The van der Waals surface area contributed by atoms with E-state index in [0.717, 1.165) is 25.7 Å². The van der Waals surface area contributed by atoms with Crippen molar-refractivity contribution in [2.45, 2.75) is 38.1 Å². The highest BCUT2D eigenvalue weighted by molar-refractivity contribution is 6.19. The standard InChI is InChI=1S/C15H21ClN2O2/c1-11-3-6-15(10-16,7-4-11)18-14(19)12-5-8-17-9-13(12)20-2/h5,8-9,11H,3-4,6-7,10H2,1-2H3,(H,18,19). The summed E-state index contributed by atoms with van der Waals surface area (Å²) in [5.74, 6) is 1.50. The number of ether oxygens (including phenoxy) is 1. The van der Waals surface area contributed by atoms with Crippen LogP contribution in [0.3, 0.4) is 0 Å². The molecular formula is C15H21ClN2O2. The number of nitrogens with zero attached hydrogens (tertiary/aromatic N) is 1. The second-order valence-corrected chi connectivity index (χ2v) is 5.89. The molecule has 0 spiro atoms. The van der Waals surface area contributed by atoms with Crippen molar-refractivity contribution in [1.29, 1.82) is 0 Å². The molecule has 1 aliphatic carbocycles. The predicted octanol–water partition coefficient (Wildman–Crippen LogP) is 3.01. The minimum Gasteiger partial charge on any atom is -0.494 e. The first-order valence-corrected chi connectivity index (χ1v) is 7.50. The van der Waals surface area contributed by atoms with E-state index in [-0.39, 0.29) is 11.4 Å². The highest BCUT2D eigenvalue weighted by atomic mass is 35.5. The number of halogens is 1. The Hall–Kier alpha value is -1.29. The van der Waals surface area contributed by atoms with Gasteiger partial charge in [-0.05, 0) is 37.7 Å². The second kappa shape index (κ2) is 6.44. The van der Waals surface area contributed by atoms with Crippen LogP contribution in [0, 0.1) is 5.92 Å². The van der Waals surface area contributed by atoms with Crippen molar-refractivity contribution in [3.63, 3.8) is 0 Å². The molecule has 0 atom stereocenters. The molecule has 0 unspecified atom stereocenters. The number of methoxy groups -OCH3 is 1. The van der Waals surface area contributed by atoms with Crippen LogP contribution in [0.2, 0.25) is 0 Å². The van der Waals surface area contributed by atoms with E-state index in [2.05, 4.69) is 17.2 Å². The lowest BCUT2D eigenvalue weighted by molar-refractivity contribution is 0.0869. The molecule has 1 heterocycles. The molecule has 110 valence electrons. The molecule has 1 aromatic rings. The molecule has 1 N–H and O–H groups in total. The van der Waals surface area contributed by atoms with Gasteiger partial charge in [-0.2, -0.15) is 0 Å². The summed E-state index contributed by atoms with van der Waals surface area (Å²) >= 11 is 6.13. The highest BCUT2D eigenvalue weighted by Gasteiger charge is 2.35. The Morgan fingerprint density at radius 1 is 1.55 bits per heavy atom. The topological polar surface area (TPSA) is 51.2 Å². The van der Waals surface area contributed by atoms with E-state index < -0.39 is 0 Å². The van der Waals surface area contributed by atoms with Crippen LogP contribution in [0.15, 0.2) is 18.5 Å². The zero-order valence-electron chi connectivity index (χ0n) is 12.0. The van der Waals surface area contributed by atoms with Crippen molar-refractivity contribution >= 4 is 17.5 Å². The quantitative estimate of drug-likeness (QED) is 0.869. The summed E-state index contributed by atoms with van der Waals surface area (Å²) in [5.41, 5.74) is 0.213. The molecule has 0 aliphatic heterocycles. The summed E-state index contributed by atoms with van der Waals surface area (Å²) in [4.78, 5) is 16.4. The van der Waals surface area contributed by atoms with Gasteiger partial charge < -0.3 is 10.1 Å². The molecule has 1 fully saturated rings. The second-order valence-electron chi connectivity index (χ2n) is 5.63. The monoisotopic (exact) mass is 296 g/mol. The van der Waals surface area contributed by atoms with Crippen LogP contribution in [-0.2, 0) is 0 Å². The zero-order chi connectivity index (χ0) is 14.6. The van der Waals surface area contributed by atoms with E-state index in [1.165, 1.54) is 7.11 Å². The first kappa shape index (κ1) is 15.1. The summed E-state index contributed by atoms with van der Waals surface area (Å²) in [6.45, 7) is 2.24.